The first-order chi connectivity index (χ1) is 7.40. The summed E-state index contributed by atoms with van der Waals surface area (Å²) in [6.07, 6.45) is 4.64. The maximum atomic E-state index is 9.88. The lowest BCUT2D eigenvalue weighted by atomic mass is 10.2. The first kappa shape index (κ1) is 9.64. The van der Waals surface area contributed by atoms with E-state index in [-0.39, 0.29) is 0 Å². The molecular formula is C10H10N3O2. The van der Waals surface area contributed by atoms with Crippen LogP contribution in [0.4, 0.5) is 0 Å². The quantitative estimate of drug-likeness (QED) is 0.578. The largest absolute Gasteiger partial charge is 0.425 e. The zero-order valence-electron chi connectivity index (χ0n) is 8.06. The van der Waals surface area contributed by atoms with Gasteiger partial charge in [-0.3, -0.25) is 4.79 Å². The van der Waals surface area contributed by atoms with Gasteiger partial charge in [0.05, 0.1) is 0 Å². The summed E-state index contributed by atoms with van der Waals surface area (Å²) >= 11 is 0. The van der Waals surface area contributed by atoms with E-state index in [1.807, 2.05) is 12.1 Å². The maximum Gasteiger partial charge on any atom is 0.309 e. The highest BCUT2D eigenvalue weighted by molar-refractivity contribution is 5.67. The third-order valence-electron chi connectivity index (χ3n) is 2.06. The monoisotopic (exact) mass is 204 g/mol. The van der Waals surface area contributed by atoms with E-state index in [2.05, 4.69) is 15.3 Å². The lowest BCUT2D eigenvalue weighted by Gasteiger charge is -1.98. The van der Waals surface area contributed by atoms with Crippen LogP contribution in [0.3, 0.4) is 0 Å². The van der Waals surface area contributed by atoms with Crippen LogP contribution in [-0.2, 0) is 11.2 Å². The first-order valence-corrected chi connectivity index (χ1v) is 4.69. The minimum absolute atomic E-state index is 0.558. The molecule has 2 rings (SSSR count). The fourth-order valence-corrected chi connectivity index (χ4v) is 1.34. The van der Waals surface area contributed by atoms with Crippen LogP contribution in [-0.4, -0.2) is 22.9 Å². The Morgan fingerprint density at radius 2 is 2.40 bits per heavy atom. The van der Waals surface area contributed by atoms with Crippen LogP contribution in [0.5, 0.6) is 0 Å². The number of nitrogens with zero attached hydrogens (tertiary/aromatic N) is 2. The molecule has 0 aliphatic rings. The lowest BCUT2D eigenvalue weighted by molar-refractivity contribution is 0.540. The molecule has 2 aromatic rings. The van der Waals surface area contributed by atoms with Crippen molar-refractivity contribution in [1.82, 2.24) is 15.3 Å². The summed E-state index contributed by atoms with van der Waals surface area (Å²) in [4.78, 5) is 18.1. The second-order valence-corrected chi connectivity index (χ2v) is 3.11. The summed E-state index contributed by atoms with van der Waals surface area (Å²) in [6, 6.07) is 3.79. The van der Waals surface area contributed by atoms with Gasteiger partial charge in [-0.1, -0.05) is 0 Å². The molecule has 0 bridgehead atoms. The average molecular weight is 204 g/mol. The Labute approximate surface area is 86.5 Å². The molecule has 0 aliphatic carbocycles. The Balaban J connectivity index is 1.98. The topological polar surface area (TPSA) is 68.0 Å². The number of hydrogen-bond donors (Lipinski definition) is 1. The van der Waals surface area contributed by atoms with Gasteiger partial charge in [0, 0.05) is 12.2 Å². The van der Waals surface area contributed by atoms with E-state index in [0.29, 0.717) is 12.3 Å². The molecule has 5 heteroatoms. The van der Waals surface area contributed by atoms with Gasteiger partial charge in [0.25, 0.3) is 0 Å². The Morgan fingerprint density at radius 1 is 1.47 bits per heavy atom. The standard InChI is InChI=1S/C10H10N3O2/c14-6-11-5-1-2-8-3-4-9-10(13-8)15-7-12-9/h3-4,7H,1-2,5H2,(H,11,14). The number of nitrogens with one attached hydrogen (secondary N) is 1. The molecule has 1 amide bonds. The van der Waals surface area contributed by atoms with Crippen LogP contribution in [0, 0.1) is 0 Å². The van der Waals surface area contributed by atoms with Gasteiger partial charge in [0.2, 0.25) is 5.71 Å². The Hall–Kier alpha value is -1.91. The third kappa shape index (κ3) is 2.31. The smallest absolute Gasteiger partial charge is 0.309 e. The molecule has 0 unspecified atom stereocenters. The van der Waals surface area contributed by atoms with Gasteiger partial charge >= 0.3 is 6.41 Å². The van der Waals surface area contributed by atoms with Gasteiger partial charge in [0.15, 0.2) is 6.39 Å². The predicted octanol–water partition coefficient (Wildman–Crippen LogP) is 0.812. The van der Waals surface area contributed by atoms with Crippen molar-refractivity contribution in [2.75, 3.05) is 6.54 Å². The second kappa shape index (κ2) is 4.54. The minimum atomic E-state index is 0.558. The summed E-state index contributed by atoms with van der Waals surface area (Å²) in [7, 11) is 0. The van der Waals surface area contributed by atoms with E-state index >= 15 is 0 Å². The minimum Gasteiger partial charge on any atom is -0.425 e. The Kier molecular flexibility index (Phi) is 2.92. The lowest BCUT2D eigenvalue weighted by Crippen LogP contribution is -2.12. The Bertz CT molecular complexity index is 453. The summed E-state index contributed by atoms with van der Waals surface area (Å²) in [5, 5.41) is 2.48. The molecule has 5 nitrogen and oxygen atoms in total. The molecule has 0 aromatic carbocycles. The summed E-state index contributed by atoms with van der Waals surface area (Å²) < 4.78 is 5.09. The van der Waals surface area contributed by atoms with Crippen molar-refractivity contribution >= 4 is 17.6 Å². The number of pyridine rings is 1. The molecule has 0 saturated carbocycles. The number of fused-ring (bicyclic) bond motifs is 1. The van der Waals surface area contributed by atoms with Crippen LogP contribution in [0.15, 0.2) is 22.9 Å². The van der Waals surface area contributed by atoms with Crippen molar-refractivity contribution in [2.45, 2.75) is 12.8 Å². The molecule has 0 aliphatic heterocycles. The van der Waals surface area contributed by atoms with Gasteiger partial charge in [-0.15, -0.1) is 0 Å². The fourth-order valence-electron chi connectivity index (χ4n) is 1.34. The summed E-state index contributed by atoms with van der Waals surface area (Å²) in [6.45, 7) is 0.611. The number of aromatic nitrogens is 2. The van der Waals surface area contributed by atoms with E-state index in [9.17, 15) is 4.79 Å². The molecule has 0 spiro atoms. The molecule has 0 fully saturated rings. The SMILES string of the molecule is O=[C]NCCCc1ccc2ncoc2n1. The zero-order chi connectivity index (χ0) is 10.5. The van der Waals surface area contributed by atoms with Crippen molar-refractivity contribution in [3.8, 4) is 0 Å². The van der Waals surface area contributed by atoms with Gasteiger partial charge in [-0.25, -0.2) is 9.97 Å². The number of carbonyl (C=O) groups excluding carboxylic acids is 1. The number of oxazole rings is 1. The van der Waals surface area contributed by atoms with Crippen molar-refractivity contribution in [3.63, 3.8) is 0 Å². The second-order valence-electron chi connectivity index (χ2n) is 3.11. The van der Waals surface area contributed by atoms with Crippen molar-refractivity contribution in [1.29, 1.82) is 0 Å². The number of aryl methyl sites for hydroxylation is 1. The van der Waals surface area contributed by atoms with Crippen molar-refractivity contribution in [2.24, 2.45) is 0 Å². The summed E-state index contributed by atoms with van der Waals surface area (Å²) in [5.74, 6) is 0. The van der Waals surface area contributed by atoms with E-state index < -0.39 is 0 Å². The Morgan fingerprint density at radius 3 is 3.27 bits per heavy atom. The highest BCUT2D eigenvalue weighted by Crippen LogP contribution is 2.10. The summed E-state index contributed by atoms with van der Waals surface area (Å²) in [5.41, 5.74) is 2.26. The van der Waals surface area contributed by atoms with Crippen molar-refractivity contribution < 1.29 is 9.21 Å². The van der Waals surface area contributed by atoms with E-state index in [1.165, 1.54) is 6.39 Å². The van der Waals surface area contributed by atoms with Gasteiger partial charge in [-0.05, 0) is 25.0 Å². The number of rotatable bonds is 5. The molecule has 2 heterocycles. The molecule has 1 N–H and O–H groups in total. The van der Waals surface area contributed by atoms with Gasteiger partial charge in [-0.2, -0.15) is 0 Å². The van der Waals surface area contributed by atoms with Gasteiger partial charge in [0.1, 0.15) is 5.52 Å². The molecule has 15 heavy (non-hydrogen) atoms. The zero-order valence-corrected chi connectivity index (χ0v) is 8.06. The van der Waals surface area contributed by atoms with E-state index in [0.717, 1.165) is 24.1 Å². The van der Waals surface area contributed by atoms with Crippen molar-refractivity contribution in [3.05, 3.63) is 24.2 Å². The average Bonchev–Trinajstić information content (AvgIpc) is 2.71. The van der Waals surface area contributed by atoms with Crippen LogP contribution in [0.2, 0.25) is 0 Å². The van der Waals surface area contributed by atoms with Crippen LogP contribution in [0.1, 0.15) is 12.1 Å². The number of amides is 1. The van der Waals surface area contributed by atoms with E-state index in [1.54, 1.807) is 6.41 Å². The first-order valence-electron chi connectivity index (χ1n) is 4.69. The van der Waals surface area contributed by atoms with Crippen LogP contribution in [0.25, 0.3) is 11.2 Å². The molecular weight excluding hydrogens is 194 g/mol. The molecule has 77 valence electrons. The fraction of sp³-hybridized carbons (Fsp3) is 0.300. The highest BCUT2D eigenvalue weighted by Gasteiger charge is 2.01. The molecule has 2 aromatic heterocycles. The van der Waals surface area contributed by atoms with Crippen LogP contribution >= 0.6 is 0 Å². The van der Waals surface area contributed by atoms with Crippen LogP contribution < -0.4 is 5.32 Å². The van der Waals surface area contributed by atoms with E-state index in [4.69, 9.17) is 4.42 Å². The molecule has 0 saturated heterocycles. The molecule has 0 atom stereocenters. The third-order valence-corrected chi connectivity index (χ3v) is 2.06. The number of hydrogen-bond acceptors (Lipinski definition) is 4. The highest BCUT2D eigenvalue weighted by atomic mass is 16.3. The maximum absolute atomic E-state index is 9.88. The normalized spacial score (nSPS) is 10.4. The van der Waals surface area contributed by atoms with Gasteiger partial charge < -0.3 is 9.73 Å². The molecule has 1 radical (unpaired) electrons. The predicted molar refractivity (Wildman–Crippen MR) is 53.8 cm³/mol.